The van der Waals surface area contributed by atoms with E-state index in [1.807, 2.05) is 46.1 Å². The Morgan fingerprint density at radius 1 is 1.12 bits per heavy atom. The van der Waals surface area contributed by atoms with E-state index in [9.17, 15) is 24.0 Å². The van der Waals surface area contributed by atoms with Crippen molar-refractivity contribution in [3.05, 3.63) is 76.4 Å². The lowest BCUT2D eigenvalue weighted by atomic mass is 9.77. The molecule has 2 N–H and O–H groups in total. The molecule has 6 bridgehead atoms. The van der Waals surface area contributed by atoms with Crippen molar-refractivity contribution in [2.75, 3.05) is 46.9 Å². The number of ether oxygens (including phenoxy) is 2. The summed E-state index contributed by atoms with van der Waals surface area (Å²) in [7, 11) is 3.29. The van der Waals surface area contributed by atoms with Gasteiger partial charge in [-0.1, -0.05) is 34.3 Å². The van der Waals surface area contributed by atoms with Crippen LogP contribution >= 0.6 is 11.3 Å². The van der Waals surface area contributed by atoms with Crippen LogP contribution in [0.2, 0.25) is 0 Å². The number of piperazine rings is 1. The predicted molar refractivity (Wildman–Crippen MR) is 257 cm³/mol. The number of hydrazine groups is 1. The van der Waals surface area contributed by atoms with Gasteiger partial charge in [0.1, 0.15) is 24.7 Å². The quantitative estimate of drug-likeness (QED) is 0.151. The van der Waals surface area contributed by atoms with Crippen LogP contribution in [0.25, 0.3) is 11.3 Å². The lowest BCUT2D eigenvalue weighted by molar-refractivity contribution is -0.433. The van der Waals surface area contributed by atoms with Crippen molar-refractivity contribution in [1.82, 2.24) is 40.4 Å². The molecule has 0 radical (unpaired) electrons. The summed E-state index contributed by atoms with van der Waals surface area (Å²) >= 11 is 1.41. The third-order valence-electron chi connectivity index (χ3n) is 14.0. The number of hydrogen-bond acceptors (Lipinski definition) is 11. The van der Waals surface area contributed by atoms with Crippen LogP contribution < -0.4 is 10.7 Å². The topological polar surface area (TPSA) is 170 Å². The number of benzene rings is 1. The van der Waals surface area contributed by atoms with Gasteiger partial charge in [-0.15, -0.1) is 11.3 Å². The summed E-state index contributed by atoms with van der Waals surface area (Å²) in [6, 6.07) is 6.73. The fourth-order valence-electron chi connectivity index (χ4n) is 10.2. The molecule has 16 nitrogen and oxygen atoms in total. The van der Waals surface area contributed by atoms with Crippen molar-refractivity contribution in [2.24, 2.45) is 11.3 Å². The van der Waals surface area contributed by atoms with Crippen molar-refractivity contribution in [1.29, 1.82) is 0 Å². The molecule has 2 fully saturated rings. The second-order valence-corrected chi connectivity index (χ2v) is 20.4. The number of thiazole rings is 1. The summed E-state index contributed by atoms with van der Waals surface area (Å²) in [6.07, 6.45) is 4.57. The van der Waals surface area contributed by atoms with Gasteiger partial charge in [-0.2, -0.15) is 4.58 Å². The van der Waals surface area contributed by atoms with Gasteiger partial charge >= 0.3 is 12.0 Å². The molecule has 1 unspecified atom stereocenters. The highest BCUT2D eigenvalue weighted by Crippen LogP contribution is 2.46. The molecule has 17 heteroatoms. The van der Waals surface area contributed by atoms with E-state index < -0.39 is 41.3 Å². The molecule has 1 aromatic carbocycles. The molecule has 67 heavy (non-hydrogen) atoms. The van der Waals surface area contributed by atoms with E-state index >= 15 is 0 Å². The third kappa shape index (κ3) is 10.0. The average Bonchev–Trinajstić information content (AvgIpc) is 3.91. The molecule has 7 rings (SSSR count). The maximum absolute atomic E-state index is 14.7. The molecule has 4 aliphatic heterocycles. The van der Waals surface area contributed by atoms with Crippen molar-refractivity contribution in [3.8, 4) is 11.3 Å². The third-order valence-corrected chi connectivity index (χ3v) is 14.9. The zero-order valence-electron chi connectivity index (χ0n) is 40.7. The average molecular weight is 939 g/mol. The molecule has 5 amide bonds. The summed E-state index contributed by atoms with van der Waals surface area (Å²) in [5, 5.41) is 7.09. The molecule has 7 atom stereocenters. The molecule has 4 aliphatic rings. The minimum Gasteiger partial charge on any atom is -0.464 e. The van der Waals surface area contributed by atoms with Gasteiger partial charge in [-0.25, -0.2) is 15.2 Å². The molecule has 2 aromatic heterocycles. The Hall–Kier alpha value is -5.52. The van der Waals surface area contributed by atoms with E-state index in [-0.39, 0.29) is 61.5 Å². The Labute approximate surface area is 398 Å². The van der Waals surface area contributed by atoms with Crippen molar-refractivity contribution in [2.45, 2.75) is 123 Å². The fourth-order valence-corrected chi connectivity index (χ4v) is 11.0. The zero-order chi connectivity index (χ0) is 48.5. The number of methoxy groups -OCH3 is 1. The molecular formula is C50H68N9O7S+. The monoisotopic (exact) mass is 938 g/mol. The second-order valence-electron chi connectivity index (χ2n) is 19.4. The molecule has 2 saturated heterocycles. The Balaban J connectivity index is 1.23. The predicted octanol–water partition coefficient (Wildman–Crippen LogP) is 5.84. The minimum absolute atomic E-state index is 0.0730. The number of cyclic esters (lactones) is 1. The van der Waals surface area contributed by atoms with Crippen LogP contribution in [0.4, 0.5) is 10.5 Å². The van der Waals surface area contributed by atoms with E-state index in [1.54, 1.807) is 30.2 Å². The smallest absolute Gasteiger partial charge is 0.324 e. The first-order valence-electron chi connectivity index (χ1n) is 23.6. The van der Waals surface area contributed by atoms with Crippen LogP contribution in [0.5, 0.6) is 0 Å². The number of rotatable bonds is 9. The normalized spacial score (nSPS) is 24.1. The Morgan fingerprint density at radius 2 is 1.85 bits per heavy atom. The van der Waals surface area contributed by atoms with E-state index in [4.69, 9.17) is 19.4 Å². The SMILES string of the molecule is C=CC(=O)N1CCN(C(=O)N(C)[C@H](C(=O)N[C@H]2Cc3nc(cs3)-c3ccc4c(c3)C(CC(C)(C)COC(=O)[C@@H]3CCCN(N3)C2=O)C(c2cccnc2[C@H](C)OC)=[N+]4CC)C(C)C)[C@@H](C)[C@H]1C. The van der Waals surface area contributed by atoms with Crippen molar-refractivity contribution < 1.29 is 38.0 Å². The van der Waals surface area contributed by atoms with Gasteiger partial charge in [-0.3, -0.25) is 29.2 Å². The highest BCUT2D eigenvalue weighted by molar-refractivity contribution is 7.10. The maximum Gasteiger partial charge on any atom is 0.324 e. The summed E-state index contributed by atoms with van der Waals surface area (Å²) in [4.78, 5) is 84.7. The van der Waals surface area contributed by atoms with Gasteiger partial charge in [0, 0.05) is 80.4 Å². The number of urea groups is 1. The largest absolute Gasteiger partial charge is 0.464 e. The Kier molecular flexibility index (Phi) is 15.0. The van der Waals surface area contributed by atoms with Gasteiger partial charge in [0.25, 0.3) is 5.91 Å². The minimum atomic E-state index is -1.09. The van der Waals surface area contributed by atoms with Crippen LogP contribution in [0.15, 0.2) is 54.6 Å². The van der Waals surface area contributed by atoms with Crippen molar-refractivity contribution >= 4 is 52.5 Å². The fraction of sp³-hybridized carbons (Fsp3) is 0.560. The van der Waals surface area contributed by atoms with Crippen LogP contribution in [0.1, 0.15) is 109 Å². The number of amides is 5. The number of nitrogens with zero attached hydrogens (tertiary/aromatic N) is 7. The molecule has 0 aliphatic carbocycles. The summed E-state index contributed by atoms with van der Waals surface area (Å²) in [5.41, 5.74) is 9.53. The molecule has 360 valence electrons. The van der Waals surface area contributed by atoms with Gasteiger partial charge in [0.2, 0.25) is 17.5 Å². The van der Waals surface area contributed by atoms with Crippen LogP contribution in [0.3, 0.4) is 0 Å². The first-order chi connectivity index (χ1) is 31.9. The number of carbonyl (C=O) groups excluding carboxylic acids is 5. The molecular weight excluding hydrogens is 871 g/mol. The molecule has 3 aromatic rings. The first kappa shape index (κ1) is 49.4. The highest BCUT2D eigenvalue weighted by Gasteiger charge is 2.45. The number of likely N-dealkylation sites (N-methyl/N-ethyl adjacent to an activating group) is 1. The van der Waals surface area contributed by atoms with Gasteiger partial charge in [-0.05, 0) is 83.2 Å². The van der Waals surface area contributed by atoms with E-state index in [0.29, 0.717) is 43.9 Å². The van der Waals surface area contributed by atoms with Gasteiger partial charge < -0.3 is 29.5 Å². The maximum atomic E-state index is 14.7. The Bertz CT molecular complexity index is 2420. The number of carbonyl (C=O) groups is 5. The lowest BCUT2D eigenvalue weighted by Gasteiger charge is -2.46. The summed E-state index contributed by atoms with van der Waals surface area (Å²) in [5.74, 6) is -1.99. The number of aromatic nitrogens is 2. The number of nitrogens with one attached hydrogen (secondary N) is 2. The summed E-state index contributed by atoms with van der Waals surface area (Å²) < 4.78 is 14.3. The number of fused-ring (bicyclic) bond motifs is 6. The number of hydrogen-bond donors (Lipinski definition) is 2. The lowest BCUT2D eigenvalue weighted by Crippen LogP contribution is -2.65. The first-order valence-corrected chi connectivity index (χ1v) is 24.5. The van der Waals surface area contributed by atoms with Gasteiger partial charge in [0.15, 0.2) is 5.71 Å². The highest BCUT2D eigenvalue weighted by atomic mass is 32.1. The molecule has 0 saturated carbocycles. The Morgan fingerprint density at radius 3 is 2.55 bits per heavy atom. The standard InChI is InChI=1S/C50H67N9O7S/c1-12-42(60)57-22-23-58(31(6)30(57)5)49(64)55(10)44(29(3)4)46(61)53-38-25-41-52-39(27-67-41)33-18-19-40-35(24-33)36(45(56(40)13-2)34-16-14-20-51-43(34)32(7)65-11)26-50(8,9)28-66-48(63)37-17-15-21-59(54-37)47(38)62/h12,14,16,18-20,24,27,29-32,36-38,44,54H,1,13,15,17,21-23,25-26,28H2,2-11H3/p+1/t30-,31+,32+,36?,37+,38+,44+/m1/s1. The van der Waals surface area contributed by atoms with Gasteiger partial charge in [0.05, 0.1) is 46.6 Å². The van der Waals surface area contributed by atoms with Crippen LogP contribution in [-0.2, 0) is 35.1 Å². The number of esters is 1. The zero-order valence-corrected chi connectivity index (χ0v) is 41.5. The van der Waals surface area contributed by atoms with E-state index in [2.05, 4.69) is 66.9 Å². The molecule has 0 spiro atoms. The van der Waals surface area contributed by atoms with Crippen LogP contribution in [-0.4, -0.2) is 147 Å². The van der Waals surface area contributed by atoms with Crippen molar-refractivity contribution in [3.63, 3.8) is 0 Å². The summed E-state index contributed by atoms with van der Waals surface area (Å²) in [6.45, 7) is 21.3. The van der Waals surface area contributed by atoms with Crippen LogP contribution in [0, 0.1) is 11.3 Å². The van der Waals surface area contributed by atoms with E-state index in [0.717, 1.165) is 39.5 Å². The molecule has 6 heterocycles. The van der Waals surface area contributed by atoms with E-state index in [1.165, 1.54) is 27.3 Å². The number of pyridine rings is 1. The second kappa shape index (κ2) is 20.4.